The predicted molar refractivity (Wildman–Crippen MR) is 91.7 cm³/mol. The Morgan fingerprint density at radius 1 is 1.12 bits per heavy atom. The van der Waals surface area contributed by atoms with Crippen LogP contribution in [0.5, 0.6) is 5.19 Å². The number of rotatable bonds is 3. The third kappa shape index (κ3) is 3.97. The summed E-state index contributed by atoms with van der Waals surface area (Å²) in [5.41, 5.74) is 0.239. The average Bonchev–Trinajstić information content (AvgIpc) is 2.97. The molecule has 4 nitrogen and oxygen atoms in total. The maximum atomic E-state index is 13.0. The molecule has 0 radical (unpaired) electrons. The second kappa shape index (κ2) is 6.97. The fourth-order valence-corrected chi connectivity index (χ4v) is 3.40. The summed E-state index contributed by atoms with van der Waals surface area (Å²) in [5.74, 6) is 0. The first-order valence-corrected chi connectivity index (χ1v) is 8.28. The summed E-state index contributed by atoms with van der Waals surface area (Å²) in [7, 11) is 0. The monoisotopic (exact) mass is 399 g/mol. The van der Waals surface area contributed by atoms with Crippen LogP contribution in [-0.2, 0) is 6.18 Å². The van der Waals surface area contributed by atoms with Gasteiger partial charge in [0, 0.05) is 10.6 Å². The van der Waals surface area contributed by atoms with E-state index in [1.54, 1.807) is 24.3 Å². The maximum Gasteiger partial charge on any atom is 0.513 e. The molecule has 0 bridgehead atoms. The molecule has 134 valence electrons. The van der Waals surface area contributed by atoms with Gasteiger partial charge in [-0.3, -0.25) is 0 Å². The molecular formula is C17H9ClF3NO3S. The van der Waals surface area contributed by atoms with Crippen LogP contribution < -0.4 is 4.74 Å². The van der Waals surface area contributed by atoms with Gasteiger partial charge in [0.2, 0.25) is 0 Å². The molecule has 3 rings (SSSR count). The summed E-state index contributed by atoms with van der Waals surface area (Å²) in [6.07, 6.45) is -6.07. The van der Waals surface area contributed by atoms with Crippen molar-refractivity contribution in [2.75, 3.05) is 0 Å². The molecule has 9 heteroatoms. The molecular weight excluding hydrogens is 391 g/mol. The second-order valence-electron chi connectivity index (χ2n) is 5.11. The van der Waals surface area contributed by atoms with E-state index >= 15 is 0 Å². The highest BCUT2D eigenvalue weighted by Gasteiger charge is 2.31. The van der Waals surface area contributed by atoms with Gasteiger partial charge in [-0.25, -0.2) is 9.78 Å². The molecule has 0 aliphatic carbocycles. The Kier molecular flexibility index (Phi) is 4.88. The van der Waals surface area contributed by atoms with Crippen LogP contribution in [0.1, 0.15) is 5.56 Å². The number of ether oxygens (including phenoxy) is 1. The molecule has 2 aromatic carbocycles. The fraction of sp³-hybridized carbons (Fsp3) is 0.0588. The molecule has 0 saturated heterocycles. The topological polar surface area (TPSA) is 59.4 Å². The van der Waals surface area contributed by atoms with Crippen LogP contribution in [0.3, 0.4) is 0 Å². The molecule has 26 heavy (non-hydrogen) atoms. The largest absolute Gasteiger partial charge is 0.513 e. The van der Waals surface area contributed by atoms with Gasteiger partial charge < -0.3 is 9.84 Å². The van der Waals surface area contributed by atoms with Gasteiger partial charge in [-0.05, 0) is 29.8 Å². The molecule has 0 aliphatic rings. The van der Waals surface area contributed by atoms with E-state index in [2.05, 4.69) is 9.72 Å². The van der Waals surface area contributed by atoms with Crippen molar-refractivity contribution >= 4 is 29.1 Å². The van der Waals surface area contributed by atoms with Crippen LogP contribution in [0.2, 0.25) is 5.02 Å². The lowest BCUT2D eigenvalue weighted by atomic mass is 10.0. The number of alkyl halides is 3. The Morgan fingerprint density at radius 3 is 2.46 bits per heavy atom. The number of halogens is 4. The molecule has 0 saturated carbocycles. The van der Waals surface area contributed by atoms with Gasteiger partial charge in [0.1, 0.15) is 0 Å². The van der Waals surface area contributed by atoms with E-state index in [9.17, 15) is 18.0 Å². The van der Waals surface area contributed by atoms with Crippen molar-refractivity contribution in [3.63, 3.8) is 0 Å². The Bertz CT molecular complexity index is 972. The highest BCUT2D eigenvalue weighted by Crippen LogP contribution is 2.42. The van der Waals surface area contributed by atoms with Crippen LogP contribution in [0, 0.1) is 0 Å². The van der Waals surface area contributed by atoms with E-state index < -0.39 is 17.9 Å². The minimum Gasteiger partial charge on any atom is -0.449 e. The SMILES string of the molecule is O=C(O)Oc1nc(-c2cccc(Cl)c2)c(-c2cccc(C(F)(F)F)c2)s1. The van der Waals surface area contributed by atoms with Crippen molar-refractivity contribution in [3.05, 3.63) is 59.1 Å². The summed E-state index contributed by atoms with van der Waals surface area (Å²) in [6, 6.07) is 11.2. The number of thiazole rings is 1. The third-order valence-corrected chi connectivity index (χ3v) is 4.55. The lowest BCUT2D eigenvalue weighted by Gasteiger charge is -2.09. The first-order valence-electron chi connectivity index (χ1n) is 7.09. The fourth-order valence-electron chi connectivity index (χ4n) is 2.28. The van der Waals surface area contributed by atoms with Gasteiger partial charge in [0.25, 0.3) is 5.19 Å². The molecule has 0 amide bonds. The van der Waals surface area contributed by atoms with E-state index in [0.29, 0.717) is 15.5 Å². The Morgan fingerprint density at radius 2 is 1.81 bits per heavy atom. The van der Waals surface area contributed by atoms with Gasteiger partial charge in [0.15, 0.2) is 0 Å². The molecule has 3 aromatic rings. The van der Waals surface area contributed by atoms with Crippen LogP contribution in [0.4, 0.5) is 18.0 Å². The molecule has 0 spiro atoms. The molecule has 0 unspecified atom stereocenters. The zero-order valence-electron chi connectivity index (χ0n) is 12.7. The first-order chi connectivity index (χ1) is 12.2. The molecule has 1 N–H and O–H groups in total. The summed E-state index contributed by atoms with van der Waals surface area (Å²) in [6.45, 7) is 0. The van der Waals surface area contributed by atoms with E-state index in [-0.39, 0.29) is 16.5 Å². The Hall–Kier alpha value is -2.58. The highest BCUT2D eigenvalue weighted by molar-refractivity contribution is 7.17. The number of hydrogen-bond donors (Lipinski definition) is 1. The number of hydrogen-bond acceptors (Lipinski definition) is 4. The Balaban J connectivity index is 2.17. The normalized spacial score (nSPS) is 11.4. The van der Waals surface area contributed by atoms with Gasteiger partial charge >= 0.3 is 12.3 Å². The number of carboxylic acid groups (broad SMARTS) is 1. The summed E-state index contributed by atoms with van der Waals surface area (Å²) < 4.78 is 43.6. The first kappa shape index (κ1) is 18.2. The number of aromatic nitrogens is 1. The molecule has 0 aliphatic heterocycles. The minimum absolute atomic E-state index is 0.195. The number of carbonyl (C=O) groups is 1. The van der Waals surface area contributed by atoms with E-state index in [1.807, 2.05) is 0 Å². The Labute approximate surface area is 154 Å². The molecule has 1 heterocycles. The predicted octanol–water partition coefficient (Wildman–Crippen LogP) is 6.21. The zero-order chi connectivity index (χ0) is 18.9. The van der Waals surface area contributed by atoms with Gasteiger partial charge in [0.05, 0.1) is 16.1 Å². The highest BCUT2D eigenvalue weighted by atomic mass is 35.5. The summed E-state index contributed by atoms with van der Waals surface area (Å²) in [5, 5.41) is 8.99. The molecule has 1 aromatic heterocycles. The maximum absolute atomic E-state index is 13.0. The van der Waals surface area contributed by atoms with Crippen LogP contribution in [-0.4, -0.2) is 16.2 Å². The average molecular weight is 400 g/mol. The third-order valence-electron chi connectivity index (χ3n) is 3.33. The smallest absolute Gasteiger partial charge is 0.449 e. The summed E-state index contributed by atoms with van der Waals surface area (Å²) >= 11 is 6.81. The summed E-state index contributed by atoms with van der Waals surface area (Å²) in [4.78, 5) is 15.2. The van der Waals surface area contributed by atoms with Crippen molar-refractivity contribution in [1.29, 1.82) is 0 Å². The van der Waals surface area contributed by atoms with E-state index in [0.717, 1.165) is 23.5 Å². The molecule has 0 fully saturated rings. The van der Waals surface area contributed by atoms with Crippen LogP contribution >= 0.6 is 22.9 Å². The van der Waals surface area contributed by atoms with Crippen molar-refractivity contribution in [2.24, 2.45) is 0 Å². The number of nitrogens with zero attached hydrogens (tertiary/aromatic N) is 1. The lowest BCUT2D eigenvalue weighted by molar-refractivity contribution is -0.137. The standard InChI is InChI=1S/C17H9ClF3NO3S/c18-12-6-2-3-9(8-12)13-14(26-15(22-13)25-16(23)24)10-4-1-5-11(7-10)17(19,20)21/h1-8H,(H,23,24). The van der Waals surface area contributed by atoms with Gasteiger partial charge in [-0.15, -0.1) is 0 Å². The van der Waals surface area contributed by atoms with Crippen molar-refractivity contribution in [1.82, 2.24) is 4.98 Å². The van der Waals surface area contributed by atoms with Gasteiger partial charge in [-0.1, -0.05) is 47.2 Å². The quantitative estimate of drug-likeness (QED) is 0.532. The van der Waals surface area contributed by atoms with Crippen molar-refractivity contribution < 1.29 is 27.8 Å². The van der Waals surface area contributed by atoms with E-state index in [4.69, 9.17) is 16.7 Å². The lowest BCUT2D eigenvalue weighted by Crippen LogP contribution is -2.04. The van der Waals surface area contributed by atoms with Gasteiger partial charge in [-0.2, -0.15) is 13.2 Å². The van der Waals surface area contributed by atoms with Crippen LogP contribution in [0.25, 0.3) is 21.7 Å². The second-order valence-corrected chi connectivity index (χ2v) is 6.51. The zero-order valence-corrected chi connectivity index (χ0v) is 14.3. The van der Waals surface area contributed by atoms with E-state index in [1.165, 1.54) is 12.1 Å². The minimum atomic E-state index is -4.50. The van der Waals surface area contributed by atoms with Crippen molar-refractivity contribution in [2.45, 2.75) is 6.18 Å². The molecule has 0 atom stereocenters. The van der Waals surface area contributed by atoms with Crippen LogP contribution in [0.15, 0.2) is 48.5 Å². The number of benzene rings is 2. The van der Waals surface area contributed by atoms with Crippen molar-refractivity contribution in [3.8, 4) is 26.9 Å².